The minimum Gasteiger partial charge on any atom is -0.465 e. The molecule has 1 aliphatic heterocycles. The number of aromatic nitrogens is 6. The molecule has 1 aliphatic rings. The minimum atomic E-state index is -4.39. The van der Waals surface area contributed by atoms with Gasteiger partial charge in [0.2, 0.25) is 0 Å². The number of aliphatic hydroxyl groups is 1. The molecule has 1 amide bonds. The third-order valence-corrected chi connectivity index (χ3v) is 7.15. The molecule has 2 atom stereocenters. The summed E-state index contributed by atoms with van der Waals surface area (Å²) in [5.74, 6) is 1.07. The van der Waals surface area contributed by atoms with E-state index in [1.165, 1.54) is 17.3 Å². The first kappa shape index (κ1) is 28.3. The van der Waals surface area contributed by atoms with E-state index in [4.69, 9.17) is 4.98 Å². The molecule has 0 radical (unpaired) electrons. The van der Waals surface area contributed by atoms with Crippen molar-refractivity contribution < 1.29 is 28.2 Å². The van der Waals surface area contributed by atoms with Crippen LogP contribution in [0.4, 0.5) is 23.8 Å². The average molecular weight is 573 g/mol. The zero-order valence-electron chi connectivity index (χ0n) is 23.0. The first-order valence-electron chi connectivity index (χ1n) is 13.0. The fourth-order valence-electron chi connectivity index (χ4n) is 5.15. The zero-order valence-corrected chi connectivity index (χ0v) is 23.0. The predicted molar refractivity (Wildman–Crippen MR) is 145 cm³/mol. The predicted octanol–water partition coefficient (Wildman–Crippen LogP) is 4.13. The van der Waals surface area contributed by atoms with E-state index in [9.17, 15) is 28.2 Å². The van der Waals surface area contributed by atoms with Gasteiger partial charge in [0.25, 0.3) is 0 Å². The number of nitrogens with zero attached hydrogens (tertiary/aromatic N) is 8. The molecule has 0 aliphatic carbocycles. The summed E-state index contributed by atoms with van der Waals surface area (Å²) in [5, 5.41) is 29.6. The largest absolute Gasteiger partial charge is 0.465 e. The minimum absolute atomic E-state index is 0.00830. The molecule has 1 saturated heterocycles. The quantitative estimate of drug-likeness (QED) is 0.374. The van der Waals surface area contributed by atoms with Crippen LogP contribution >= 0.6 is 0 Å². The van der Waals surface area contributed by atoms with Crippen LogP contribution in [0.15, 0.2) is 43.0 Å². The fraction of sp³-hybridized carbons (Fsp3) is 0.444. The van der Waals surface area contributed by atoms with E-state index >= 15 is 0 Å². The van der Waals surface area contributed by atoms with Gasteiger partial charge in [0.05, 0.1) is 42.3 Å². The Morgan fingerprint density at radius 3 is 2.51 bits per heavy atom. The molecule has 41 heavy (non-hydrogen) atoms. The number of β-amino-alcohol motifs (C(OH)–C–C–N with tert-alkyl or cyclic N) is 1. The number of hydrogen-bond acceptors (Lipinski definition) is 7. The van der Waals surface area contributed by atoms with Crippen molar-refractivity contribution in [2.45, 2.75) is 52.6 Å². The molecule has 1 fully saturated rings. The lowest BCUT2D eigenvalue weighted by molar-refractivity contribution is -0.142. The number of aliphatic hydroxyl groups excluding tert-OH is 1. The van der Waals surface area contributed by atoms with Gasteiger partial charge in [-0.1, -0.05) is 26.8 Å². The summed E-state index contributed by atoms with van der Waals surface area (Å²) in [6.45, 7) is 7.12. The topological polar surface area (TPSA) is 125 Å². The Morgan fingerprint density at radius 1 is 1.07 bits per heavy atom. The zero-order chi connectivity index (χ0) is 29.7. The SMILES string of the molecule is Cc1ccc(-n2ncc3cnc(-c4cnn(CC(F)(F)F)c4)cc32)nc1N1CC(O)CN(C(=O)O)C(C(C)(C)C)C1. The van der Waals surface area contributed by atoms with E-state index in [1.807, 2.05) is 38.7 Å². The molecule has 5 rings (SSSR count). The lowest BCUT2D eigenvalue weighted by Gasteiger charge is -2.39. The highest BCUT2D eigenvalue weighted by molar-refractivity contribution is 5.83. The number of alkyl halides is 3. The van der Waals surface area contributed by atoms with Crippen LogP contribution in [0.1, 0.15) is 26.3 Å². The molecule has 0 spiro atoms. The number of amides is 1. The summed E-state index contributed by atoms with van der Waals surface area (Å²) < 4.78 is 40.8. The van der Waals surface area contributed by atoms with Crippen LogP contribution in [0.25, 0.3) is 28.0 Å². The molecule has 0 aromatic carbocycles. The second-order valence-corrected chi connectivity index (χ2v) is 11.4. The number of carboxylic acid groups (broad SMARTS) is 1. The third kappa shape index (κ3) is 5.97. The van der Waals surface area contributed by atoms with Gasteiger partial charge < -0.3 is 20.0 Å². The number of anilines is 1. The van der Waals surface area contributed by atoms with E-state index in [2.05, 4.69) is 15.2 Å². The highest BCUT2D eigenvalue weighted by Gasteiger charge is 2.39. The van der Waals surface area contributed by atoms with Crippen molar-refractivity contribution in [1.82, 2.24) is 34.4 Å². The first-order valence-corrected chi connectivity index (χ1v) is 13.0. The van der Waals surface area contributed by atoms with Crippen molar-refractivity contribution in [3.05, 3.63) is 48.5 Å². The van der Waals surface area contributed by atoms with Crippen LogP contribution in [0.3, 0.4) is 0 Å². The van der Waals surface area contributed by atoms with Gasteiger partial charge in [0.15, 0.2) is 5.82 Å². The van der Waals surface area contributed by atoms with Crippen LogP contribution in [0.2, 0.25) is 0 Å². The number of carbonyl (C=O) groups is 1. The van der Waals surface area contributed by atoms with Crippen molar-refractivity contribution >= 4 is 22.8 Å². The van der Waals surface area contributed by atoms with Crippen LogP contribution < -0.4 is 4.90 Å². The lowest BCUT2D eigenvalue weighted by atomic mass is 9.85. The van der Waals surface area contributed by atoms with E-state index in [0.717, 1.165) is 10.2 Å². The Kier molecular flexibility index (Phi) is 7.14. The Bertz CT molecular complexity index is 1580. The molecule has 0 saturated carbocycles. The maximum Gasteiger partial charge on any atom is 0.408 e. The van der Waals surface area contributed by atoms with Crippen LogP contribution in [-0.2, 0) is 6.54 Å². The summed E-state index contributed by atoms with van der Waals surface area (Å²) in [6, 6.07) is 4.99. The summed E-state index contributed by atoms with van der Waals surface area (Å²) in [5.41, 5.74) is 1.94. The molecule has 14 heteroatoms. The van der Waals surface area contributed by atoms with Crippen molar-refractivity contribution in [3.8, 4) is 17.1 Å². The second kappa shape index (κ2) is 10.3. The van der Waals surface area contributed by atoms with E-state index < -0.39 is 36.4 Å². The summed E-state index contributed by atoms with van der Waals surface area (Å²) in [4.78, 5) is 24.5. The third-order valence-electron chi connectivity index (χ3n) is 7.15. The Hall–Kier alpha value is -4.20. The van der Waals surface area contributed by atoms with Gasteiger partial charge in [-0.15, -0.1) is 0 Å². The van der Waals surface area contributed by atoms with Gasteiger partial charge in [-0.05, 0) is 30.0 Å². The highest BCUT2D eigenvalue weighted by Crippen LogP contribution is 2.31. The lowest BCUT2D eigenvalue weighted by Crippen LogP contribution is -2.51. The number of rotatable bonds is 4. The van der Waals surface area contributed by atoms with Gasteiger partial charge in [-0.25, -0.2) is 14.5 Å². The first-order chi connectivity index (χ1) is 19.2. The molecule has 218 valence electrons. The molecule has 2 unspecified atom stereocenters. The van der Waals surface area contributed by atoms with Gasteiger partial charge in [-0.3, -0.25) is 9.67 Å². The number of aryl methyl sites for hydroxylation is 1. The maximum absolute atomic E-state index is 12.8. The molecular formula is C27H31F3N8O3. The van der Waals surface area contributed by atoms with E-state index in [0.29, 0.717) is 40.3 Å². The monoisotopic (exact) mass is 572 g/mol. The molecule has 5 heterocycles. The standard InChI is InChI=1S/C27H31F3N8O3/c1-16-5-6-23(34-24(16)35-12-19(39)13-37(25(40)41)22(14-35)26(2,3)4)38-21-7-20(31-8-17(21)9-33-38)18-10-32-36(11-18)15-27(28,29)30/h5-11,19,22,39H,12-15H2,1-4H3,(H,40,41). The van der Waals surface area contributed by atoms with E-state index in [1.54, 1.807) is 29.2 Å². The molecular weight excluding hydrogens is 541 g/mol. The second-order valence-electron chi connectivity index (χ2n) is 11.4. The highest BCUT2D eigenvalue weighted by atomic mass is 19.4. The van der Waals surface area contributed by atoms with Crippen molar-refractivity contribution in [2.24, 2.45) is 5.41 Å². The van der Waals surface area contributed by atoms with Crippen molar-refractivity contribution in [3.63, 3.8) is 0 Å². The Labute approximate surface area is 233 Å². The molecule has 4 aromatic heterocycles. The molecule has 11 nitrogen and oxygen atoms in total. The number of fused-ring (bicyclic) bond motifs is 1. The smallest absolute Gasteiger partial charge is 0.408 e. The molecule has 0 bridgehead atoms. The normalized spacial score (nSPS) is 18.6. The number of hydrogen-bond donors (Lipinski definition) is 2. The summed E-state index contributed by atoms with van der Waals surface area (Å²) in [6.07, 6.45) is -0.557. The number of halogens is 3. The van der Waals surface area contributed by atoms with Crippen molar-refractivity contribution in [2.75, 3.05) is 24.5 Å². The fourth-order valence-corrected chi connectivity index (χ4v) is 5.15. The Morgan fingerprint density at radius 2 is 1.83 bits per heavy atom. The van der Waals surface area contributed by atoms with Gasteiger partial charge in [-0.2, -0.15) is 23.4 Å². The molecule has 2 N–H and O–H groups in total. The summed E-state index contributed by atoms with van der Waals surface area (Å²) in [7, 11) is 0. The van der Waals surface area contributed by atoms with Crippen LogP contribution in [0, 0.1) is 12.3 Å². The molecule has 4 aromatic rings. The average Bonchev–Trinajstić information content (AvgIpc) is 3.45. The van der Waals surface area contributed by atoms with Gasteiger partial charge in [0.1, 0.15) is 12.4 Å². The maximum atomic E-state index is 12.8. The van der Waals surface area contributed by atoms with Crippen LogP contribution in [0.5, 0.6) is 0 Å². The Balaban J connectivity index is 1.51. The van der Waals surface area contributed by atoms with Crippen LogP contribution in [-0.4, -0.2) is 88.7 Å². The summed E-state index contributed by atoms with van der Waals surface area (Å²) >= 11 is 0. The van der Waals surface area contributed by atoms with E-state index in [-0.39, 0.29) is 13.1 Å². The van der Waals surface area contributed by atoms with Crippen molar-refractivity contribution in [1.29, 1.82) is 0 Å². The van der Waals surface area contributed by atoms with Gasteiger partial charge in [0, 0.05) is 36.4 Å². The number of pyridine rings is 2. The van der Waals surface area contributed by atoms with Gasteiger partial charge >= 0.3 is 12.3 Å².